The van der Waals surface area contributed by atoms with Crippen molar-refractivity contribution in [2.45, 2.75) is 56.6 Å². The average Bonchev–Trinajstić information content (AvgIpc) is 3.49. The summed E-state index contributed by atoms with van der Waals surface area (Å²) in [4.78, 5) is 21.8. The molecule has 6 rings (SSSR count). The van der Waals surface area contributed by atoms with E-state index in [4.69, 9.17) is 16.3 Å². The Kier molecular flexibility index (Phi) is 6.14. The lowest BCUT2D eigenvalue weighted by molar-refractivity contribution is -0.119. The van der Waals surface area contributed by atoms with Gasteiger partial charge in [-0.2, -0.15) is 0 Å². The molecule has 10 heteroatoms. The summed E-state index contributed by atoms with van der Waals surface area (Å²) in [5, 5.41) is 15.8. The van der Waals surface area contributed by atoms with Crippen molar-refractivity contribution in [2.24, 2.45) is 11.3 Å². The Balaban J connectivity index is 1.13. The maximum atomic E-state index is 13.6. The Hall–Kier alpha value is -2.07. The summed E-state index contributed by atoms with van der Waals surface area (Å²) in [6.07, 6.45) is 2.44. The van der Waals surface area contributed by atoms with E-state index >= 15 is 0 Å². The number of anilines is 2. The number of piperazine rings is 1. The van der Waals surface area contributed by atoms with Crippen LogP contribution in [-0.4, -0.2) is 77.9 Å². The largest absolute Gasteiger partial charge is 0.389 e. The minimum atomic E-state index is -2.59. The fraction of sp³-hybridized carbons (Fsp3) is 0.630. The van der Waals surface area contributed by atoms with E-state index in [0.29, 0.717) is 43.3 Å². The van der Waals surface area contributed by atoms with Gasteiger partial charge in [-0.15, -0.1) is 0 Å². The number of nitrogens with one attached hydrogen (secondary N) is 1. The van der Waals surface area contributed by atoms with Crippen molar-refractivity contribution in [1.82, 2.24) is 9.88 Å². The molecule has 1 aromatic carbocycles. The number of rotatable bonds is 4. The number of fused-ring (bicyclic) bond motifs is 1. The molecular formula is C27H33ClF2N4O3. The number of alkyl halides is 2. The van der Waals surface area contributed by atoms with Crippen LogP contribution in [0.3, 0.4) is 0 Å². The van der Waals surface area contributed by atoms with Gasteiger partial charge in [-0.05, 0) is 55.2 Å². The maximum Gasteiger partial charge on any atom is 0.248 e. The van der Waals surface area contributed by atoms with Gasteiger partial charge in [0.2, 0.25) is 11.8 Å². The molecule has 2 saturated carbocycles. The van der Waals surface area contributed by atoms with Gasteiger partial charge in [0.15, 0.2) is 0 Å². The van der Waals surface area contributed by atoms with Gasteiger partial charge in [0.05, 0.1) is 35.6 Å². The first-order valence-electron chi connectivity index (χ1n) is 13.1. The lowest BCUT2D eigenvalue weighted by atomic mass is 9.82. The fourth-order valence-corrected chi connectivity index (χ4v) is 6.77. The van der Waals surface area contributed by atoms with Crippen LogP contribution >= 0.6 is 11.6 Å². The van der Waals surface area contributed by atoms with Crippen molar-refractivity contribution in [2.75, 3.05) is 49.6 Å². The molecule has 1 amide bonds. The molecule has 2 aromatic rings. The van der Waals surface area contributed by atoms with Gasteiger partial charge < -0.3 is 20.1 Å². The molecule has 0 radical (unpaired) electrons. The van der Waals surface area contributed by atoms with Gasteiger partial charge in [-0.3, -0.25) is 9.69 Å². The monoisotopic (exact) mass is 534 g/mol. The summed E-state index contributed by atoms with van der Waals surface area (Å²) in [5.41, 5.74) is 0.301. The number of nitrogens with zero attached hydrogens (tertiary/aromatic N) is 3. The SMILES string of the molecule is C[C@@]1(N2CCN(c3cc4cc(NC(=O)[C@H]5CC56CCC(F)(F)CC6)ncc4cc3Cl)CC2)COC[C@@H]1O. The Labute approximate surface area is 220 Å². The second kappa shape index (κ2) is 9.00. The van der Waals surface area contributed by atoms with E-state index in [9.17, 15) is 18.7 Å². The van der Waals surface area contributed by atoms with Crippen molar-refractivity contribution in [3.63, 3.8) is 0 Å². The van der Waals surface area contributed by atoms with Crippen LogP contribution < -0.4 is 10.2 Å². The fourth-order valence-electron chi connectivity index (χ4n) is 6.48. The van der Waals surface area contributed by atoms with Gasteiger partial charge in [0.25, 0.3) is 0 Å². The number of aliphatic hydroxyl groups excluding tert-OH is 1. The molecule has 3 atom stereocenters. The van der Waals surface area contributed by atoms with Crippen LogP contribution in [0.2, 0.25) is 5.02 Å². The number of halogens is 3. The molecule has 0 unspecified atom stereocenters. The molecule has 0 bridgehead atoms. The Morgan fingerprint density at radius 1 is 1.14 bits per heavy atom. The number of carbonyl (C=O) groups excluding carboxylic acids is 1. The molecule has 2 aliphatic carbocycles. The first-order valence-corrected chi connectivity index (χ1v) is 13.5. The van der Waals surface area contributed by atoms with E-state index in [1.54, 1.807) is 6.20 Å². The van der Waals surface area contributed by atoms with E-state index < -0.39 is 12.0 Å². The Morgan fingerprint density at radius 2 is 1.86 bits per heavy atom. The lowest BCUT2D eigenvalue weighted by Gasteiger charge is -2.45. The quantitative estimate of drug-likeness (QED) is 0.608. The summed E-state index contributed by atoms with van der Waals surface area (Å²) in [5.74, 6) is -2.48. The first-order chi connectivity index (χ1) is 17.6. The highest BCUT2D eigenvalue weighted by molar-refractivity contribution is 6.34. The van der Waals surface area contributed by atoms with E-state index in [2.05, 4.69) is 27.0 Å². The molecule has 1 spiro atoms. The van der Waals surface area contributed by atoms with Crippen molar-refractivity contribution in [3.05, 3.63) is 29.4 Å². The Bertz CT molecular complexity index is 1210. The molecular weight excluding hydrogens is 502 g/mol. The second-order valence-corrected chi connectivity index (χ2v) is 12.0. The number of amides is 1. The molecule has 2 aliphatic heterocycles. The topological polar surface area (TPSA) is 77.9 Å². The summed E-state index contributed by atoms with van der Waals surface area (Å²) < 4.78 is 32.7. The van der Waals surface area contributed by atoms with E-state index in [0.717, 1.165) is 42.6 Å². The number of aliphatic hydroxyl groups is 1. The minimum absolute atomic E-state index is 0.129. The molecule has 3 heterocycles. The van der Waals surface area contributed by atoms with Crippen molar-refractivity contribution >= 4 is 39.8 Å². The number of hydrogen-bond acceptors (Lipinski definition) is 6. The molecule has 200 valence electrons. The highest BCUT2D eigenvalue weighted by Gasteiger charge is 2.61. The molecule has 7 nitrogen and oxygen atoms in total. The predicted molar refractivity (Wildman–Crippen MR) is 138 cm³/mol. The van der Waals surface area contributed by atoms with Crippen LogP contribution in [0.15, 0.2) is 24.4 Å². The number of hydrogen-bond donors (Lipinski definition) is 2. The van der Waals surface area contributed by atoms with E-state index in [-0.39, 0.29) is 35.6 Å². The van der Waals surface area contributed by atoms with Gasteiger partial charge in [-0.25, -0.2) is 13.8 Å². The van der Waals surface area contributed by atoms with Crippen LogP contribution in [0, 0.1) is 11.3 Å². The molecule has 2 saturated heterocycles. The molecule has 2 N–H and O–H groups in total. The third-order valence-corrected chi connectivity index (χ3v) is 9.56. The van der Waals surface area contributed by atoms with Gasteiger partial charge in [0.1, 0.15) is 5.82 Å². The summed E-state index contributed by atoms with van der Waals surface area (Å²) in [7, 11) is 0. The van der Waals surface area contributed by atoms with Gasteiger partial charge in [0, 0.05) is 56.5 Å². The normalized spacial score (nSPS) is 31.1. The van der Waals surface area contributed by atoms with Crippen LogP contribution in [0.4, 0.5) is 20.3 Å². The zero-order valence-corrected chi connectivity index (χ0v) is 21.7. The number of aromatic nitrogens is 1. The van der Waals surface area contributed by atoms with Crippen molar-refractivity contribution < 1.29 is 23.4 Å². The second-order valence-electron chi connectivity index (χ2n) is 11.5. The standard InChI is InChI=1S/C27H33ClF2N4O3/c1-25(16-37-15-22(25)35)34-8-6-33(7-9-34)21-11-17-12-23(31-14-18(17)10-20(21)28)32-24(36)19-13-26(19)2-4-27(29,30)5-3-26/h10-12,14,19,22,35H,2-9,13,15-16H2,1H3,(H,31,32,36)/t19-,22+,25-/m1/s1. The summed E-state index contributed by atoms with van der Waals surface area (Å²) in [6.45, 7) is 6.07. The smallest absolute Gasteiger partial charge is 0.248 e. The average molecular weight is 535 g/mol. The van der Waals surface area contributed by atoms with Crippen molar-refractivity contribution in [1.29, 1.82) is 0 Å². The number of benzene rings is 1. The highest BCUT2D eigenvalue weighted by Crippen LogP contribution is 2.63. The minimum Gasteiger partial charge on any atom is -0.389 e. The summed E-state index contributed by atoms with van der Waals surface area (Å²) >= 11 is 6.66. The number of pyridine rings is 1. The number of carbonyl (C=O) groups is 1. The maximum absolute atomic E-state index is 13.6. The van der Waals surface area contributed by atoms with Crippen molar-refractivity contribution in [3.8, 4) is 0 Å². The highest BCUT2D eigenvalue weighted by atomic mass is 35.5. The van der Waals surface area contributed by atoms with E-state index in [1.165, 1.54) is 0 Å². The molecule has 37 heavy (non-hydrogen) atoms. The molecule has 1 aromatic heterocycles. The lowest BCUT2D eigenvalue weighted by Crippen LogP contribution is -2.60. The molecule has 4 aliphatic rings. The van der Waals surface area contributed by atoms with Crippen LogP contribution in [0.1, 0.15) is 39.0 Å². The van der Waals surface area contributed by atoms with Gasteiger partial charge >= 0.3 is 0 Å². The summed E-state index contributed by atoms with van der Waals surface area (Å²) in [6, 6.07) is 5.77. The van der Waals surface area contributed by atoms with Crippen LogP contribution in [0.25, 0.3) is 10.8 Å². The van der Waals surface area contributed by atoms with Gasteiger partial charge in [-0.1, -0.05) is 11.6 Å². The third kappa shape index (κ3) is 4.58. The Morgan fingerprint density at radius 3 is 2.54 bits per heavy atom. The van der Waals surface area contributed by atoms with Crippen LogP contribution in [-0.2, 0) is 9.53 Å². The zero-order chi connectivity index (χ0) is 26.0. The molecule has 4 fully saturated rings. The van der Waals surface area contributed by atoms with Crippen LogP contribution in [0.5, 0.6) is 0 Å². The predicted octanol–water partition coefficient (Wildman–Crippen LogP) is 4.31. The zero-order valence-electron chi connectivity index (χ0n) is 21.0. The van der Waals surface area contributed by atoms with E-state index in [1.807, 2.05) is 18.2 Å². The number of ether oxygens (including phenoxy) is 1. The third-order valence-electron chi connectivity index (χ3n) is 9.25. The first kappa shape index (κ1) is 25.2.